The van der Waals surface area contributed by atoms with Crippen LogP contribution in [0.15, 0.2) is 78.9 Å². The molecule has 1 aliphatic heterocycles. The van der Waals surface area contributed by atoms with Gasteiger partial charge in [0.2, 0.25) is 5.91 Å². The number of ether oxygens (including phenoxy) is 1. The second-order valence-electron chi connectivity index (χ2n) is 7.06. The molecule has 1 amide bonds. The second-order valence-corrected chi connectivity index (χ2v) is 7.06. The highest BCUT2D eigenvalue weighted by Gasteiger charge is 2.29. The lowest BCUT2D eigenvalue weighted by atomic mass is 10.1. The van der Waals surface area contributed by atoms with Crippen LogP contribution in [0.5, 0.6) is 11.5 Å². The number of benzene rings is 3. The Kier molecular flexibility index (Phi) is 5.29. The van der Waals surface area contributed by atoms with Gasteiger partial charge in [-0.3, -0.25) is 4.79 Å². The van der Waals surface area contributed by atoms with E-state index >= 15 is 0 Å². The van der Waals surface area contributed by atoms with Crippen LogP contribution in [0.4, 0.5) is 11.4 Å². The van der Waals surface area contributed by atoms with Gasteiger partial charge >= 0.3 is 0 Å². The number of rotatable bonds is 6. The average Bonchev–Trinajstić information content (AvgIpc) is 3.06. The molecular weight excluding hydrogens is 348 g/mol. The van der Waals surface area contributed by atoms with Crippen molar-refractivity contribution in [2.24, 2.45) is 0 Å². The summed E-state index contributed by atoms with van der Waals surface area (Å²) in [5.41, 5.74) is 3.29. The molecule has 4 nitrogen and oxygen atoms in total. The Morgan fingerprint density at radius 3 is 2.43 bits per heavy atom. The highest BCUT2D eigenvalue weighted by atomic mass is 16.5. The molecular formula is C24H24N2O2. The van der Waals surface area contributed by atoms with Gasteiger partial charge < -0.3 is 15.0 Å². The van der Waals surface area contributed by atoms with Crippen molar-refractivity contribution in [3.63, 3.8) is 0 Å². The summed E-state index contributed by atoms with van der Waals surface area (Å²) in [4.78, 5) is 14.7. The van der Waals surface area contributed by atoms with Gasteiger partial charge in [0.1, 0.15) is 11.5 Å². The summed E-state index contributed by atoms with van der Waals surface area (Å²) in [6.07, 6.45) is 1.39. The molecule has 0 radical (unpaired) electrons. The summed E-state index contributed by atoms with van der Waals surface area (Å²) >= 11 is 0. The molecule has 1 heterocycles. The topological polar surface area (TPSA) is 41.6 Å². The number of amides is 1. The Labute approximate surface area is 165 Å². The lowest BCUT2D eigenvalue weighted by molar-refractivity contribution is -0.118. The smallest absolute Gasteiger partial charge is 0.229 e. The number of nitrogens with zero attached hydrogens (tertiary/aromatic N) is 1. The van der Waals surface area contributed by atoms with Gasteiger partial charge in [-0.15, -0.1) is 0 Å². The minimum atomic E-state index is 0.161. The van der Waals surface area contributed by atoms with E-state index in [1.54, 1.807) is 0 Å². The highest BCUT2D eigenvalue weighted by Crippen LogP contribution is 2.32. The maximum atomic E-state index is 12.7. The maximum absolute atomic E-state index is 12.7. The van der Waals surface area contributed by atoms with E-state index in [0.717, 1.165) is 29.3 Å². The van der Waals surface area contributed by atoms with Crippen LogP contribution in [0.25, 0.3) is 0 Å². The van der Waals surface area contributed by atoms with Crippen LogP contribution in [-0.4, -0.2) is 18.5 Å². The van der Waals surface area contributed by atoms with E-state index in [0.29, 0.717) is 13.0 Å². The third-order valence-corrected chi connectivity index (χ3v) is 4.98. The van der Waals surface area contributed by atoms with Gasteiger partial charge in [0.05, 0.1) is 0 Å². The Balaban J connectivity index is 1.30. The number of para-hydroxylation sites is 2. The van der Waals surface area contributed by atoms with Crippen LogP contribution in [0.1, 0.15) is 18.9 Å². The fourth-order valence-electron chi connectivity index (χ4n) is 3.65. The minimum absolute atomic E-state index is 0.161. The summed E-state index contributed by atoms with van der Waals surface area (Å²) < 4.78 is 5.80. The number of carbonyl (C=O) groups is 1. The number of hydrogen-bond donors (Lipinski definition) is 1. The van der Waals surface area contributed by atoms with Crippen LogP contribution in [0, 0.1) is 0 Å². The van der Waals surface area contributed by atoms with Crippen LogP contribution in [0.2, 0.25) is 0 Å². The highest BCUT2D eigenvalue weighted by molar-refractivity contribution is 5.96. The standard InChI is InChI=1S/C24H24N2O2/c1-18-17-19-7-5-6-10-23(19)26(18)24(27)15-16-25-20-11-13-22(14-12-20)28-21-8-3-2-4-9-21/h2-14,18,25H,15-17H2,1H3. The zero-order valence-corrected chi connectivity index (χ0v) is 16.0. The van der Waals surface area contributed by atoms with Gasteiger partial charge in [0.25, 0.3) is 0 Å². The molecule has 142 valence electrons. The largest absolute Gasteiger partial charge is 0.457 e. The van der Waals surface area contributed by atoms with Gasteiger partial charge in [-0.25, -0.2) is 0 Å². The quantitative estimate of drug-likeness (QED) is 0.642. The Bertz CT molecular complexity index is 938. The van der Waals surface area contributed by atoms with Crippen LogP contribution in [0.3, 0.4) is 0 Å². The van der Waals surface area contributed by atoms with Crippen molar-refractivity contribution < 1.29 is 9.53 Å². The summed E-state index contributed by atoms with van der Waals surface area (Å²) in [6, 6.07) is 25.9. The Morgan fingerprint density at radius 1 is 0.964 bits per heavy atom. The monoisotopic (exact) mass is 372 g/mol. The van der Waals surface area contributed by atoms with E-state index in [1.165, 1.54) is 5.56 Å². The zero-order valence-electron chi connectivity index (χ0n) is 16.0. The molecule has 4 rings (SSSR count). The van der Waals surface area contributed by atoms with Crippen LogP contribution >= 0.6 is 0 Å². The summed E-state index contributed by atoms with van der Waals surface area (Å²) in [5, 5.41) is 3.33. The first-order valence-electron chi connectivity index (χ1n) is 9.67. The first-order chi connectivity index (χ1) is 13.7. The fraction of sp³-hybridized carbons (Fsp3) is 0.208. The van der Waals surface area contributed by atoms with Gasteiger partial charge in [0, 0.05) is 30.4 Å². The average molecular weight is 372 g/mol. The van der Waals surface area contributed by atoms with E-state index in [9.17, 15) is 4.79 Å². The number of hydrogen-bond acceptors (Lipinski definition) is 3. The van der Waals surface area contributed by atoms with E-state index in [1.807, 2.05) is 77.7 Å². The van der Waals surface area contributed by atoms with Crippen molar-refractivity contribution >= 4 is 17.3 Å². The SMILES string of the molecule is CC1Cc2ccccc2N1C(=O)CCNc1ccc(Oc2ccccc2)cc1. The van der Waals surface area contributed by atoms with Crippen LogP contribution in [-0.2, 0) is 11.2 Å². The molecule has 1 N–H and O–H groups in total. The summed E-state index contributed by atoms with van der Waals surface area (Å²) in [6.45, 7) is 2.71. The normalized spacial score (nSPS) is 15.2. The van der Waals surface area contributed by atoms with Crippen molar-refractivity contribution in [2.45, 2.75) is 25.8 Å². The number of anilines is 2. The molecule has 0 saturated heterocycles. The van der Waals surface area contributed by atoms with Crippen molar-refractivity contribution in [1.29, 1.82) is 0 Å². The summed E-state index contributed by atoms with van der Waals surface area (Å²) in [7, 11) is 0. The molecule has 3 aromatic rings. The van der Waals surface area contributed by atoms with Gasteiger partial charge in [0.15, 0.2) is 0 Å². The van der Waals surface area contributed by atoms with Crippen LogP contribution < -0.4 is 15.0 Å². The molecule has 1 unspecified atom stereocenters. The van der Waals surface area contributed by atoms with Crippen molar-refractivity contribution in [2.75, 3.05) is 16.8 Å². The van der Waals surface area contributed by atoms with Crippen molar-refractivity contribution in [1.82, 2.24) is 0 Å². The number of carbonyl (C=O) groups excluding carboxylic acids is 1. The lowest BCUT2D eigenvalue weighted by Crippen LogP contribution is -2.36. The first-order valence-corrected chi connectivity index (χ1v) is 9.67. The molecule has 1 atom stereocenters. The summed E-state index contributed by atoms with van der Waals surface area (Å²) in [5.74, 6) is 1.76. The molecule has 0 aromatic heterocycles. The van der Waals surface area contributed by atoms with Gasteiger partial charge in [-0.05, 0) is 61.4 Å². The van der Waals surface area contributed by atoms with Crippen molar-refractivity contribution in [3.8, 4) is 11.5 Å². The predicted molar refractivity (Wildman–Crippen MR) is 113 cm³/mol. The Morgan fingerprint density at radius 2 is 1.64 bits per heavy atom. The molecule has 1 aliphatic rings. The minimum Gasteiger partial charge on any atom is -0.457 e. The Hall–Kier alpha value is -3.27. The maximum Gasteiger partial charge on any atom is 0.229 e. The molecule has 4 heteroatoms. The second kappa shape index (κ2) is 8.17. The molecule has 0 fully saturated rings. The third kappa shape index (κ3) is 4.01. The molecule has 3 aromatic carbocycles. The molecule has 0 spiro atoms. The molecule has 28 heavy (non-hydrogen) atoms. The lowest BCUT2D eigenvalue weighted by Gasteiger charge is -2.23. The zero-order chi connectivity index (χ0) is 19.3. The van der Waals surface area contributed by atoms with Crippen molar-refractivity contribution in [3.05, 3.63) is 84.4 Å². The van der Waals surface area contributed by atoms with E-state index in [2.05, 4.69) is 18.3 Å². The van der Waals surface area contributed by atoms with E-state index in [4.69, 9.17) is 4.74 Å². The number of fused-ring (bicyclic) bond motifs is 1. The molecule has 0 bridgehead atoms. The van der Waals surface area contributed by atoms with E-state index < -0.39 is 0 Å². The van der Waals surface area contributed by atoms with Gasteiger partial charge in [-0.1, -0.05) is 36.4 Å². The first kappa shape index (κ1) is 18.1. The fourth-order valence-corrected chi connectivity index (χ4v) is 3.65. The van der Waals surface area contributed by atoms with E-state index in [-0.39, 0.29) is 11.9 Å². The number of nitrogens with one attached hydrogen (secondary N) is 1. The van der Waals surface area contributed by atoms with Gasteiger partial charge in [-0.2, -0.15) is 0 Å². The molecule has 0 aliphatic carbocycles. The molecule has 0 saturated carbocycles. The predicted octanol–water partition coefficient (Wildman–Crippen LogP) is 5.26. The third-order valence-electron chi connectivity index (χ3n) is 4.98.